The predicted molar refractivity (Wildman–Crippen MR) is 70.0 cm³/mol. The van der Waals surface area contributed by atoms with Gasteiger partial charge in [0.2, 0.25) is 0 Å². The molecule has 3 nitrogen and oxygen atoms in total. The highest BCUT2D eigenvalue weighted by atomic mass is 16.6. The van der Waals surface area contributed by atoms with Crippen molar-refractivity contribution in [2.75, 3.05) is 0 Å². The van der Waals surface area contributed by atoms with E-state index in [2.05, 4.69) is 13.5 Å². The molecule has 0 bridgehead atoms. The number of piperidine rings is 1. The van der Waals surface area contributed by atoms with Crippen LogP contribution >= 0.6 is 0 Å². The van der Waals surface area contributed by atoms with E-state index < -0.39 is 5.60 Å². The van der Waals surface area contributed by atoms with Gasteiger partial charge in [0.15, 0.2) is 0 Å². The second-order valence-electron chi connectivity index (χ2n) is 5.85. The zero-order valence-electron chi connectivity index (χ0n) is 11.5. The molecule has 2 atom stereocenters. The van der Waals surface area contributed by atoms with E-state index in [-0.39, 0.29) is 18.2 Å². The van der Waals surface area contributed by atoms with Crippen molar-refractivity contribution in [1.29, 1.82) is 0 Å². The summed E-state index contributed by atoms with van der Waals surface area (Å²) in [7, 11) is 0. The Balaban J connectivity index is 2.74. The summed E-state index contributed by atoms with van der Waals surface area (Å²) in [6.45, 7) is 11.6. The summed E-state index contributed by atoms with van der Waals surface area (Å²) in [6.07, 6.45) is 5.85. The van der Waals surface area contributed by atoms with E-state index in [0.29, 0.717) is 0 Å². The van der Waals surface area contributed by atoms with Gasteiger partial charge in [-0.3, -0.25) is 0 Å². The van der Waals surface area contributed by atoms with Crippen molar-refractivity contribution in [2.24, 2.45) is 0 Å². The maximum Gasteiger partial charge on any atom is 0.410 e. The van der Waals surface area contributed by atoms with Crippen LogP contribution in [0, 0.1) is 0 Å². The molecule has 0 aliphatic carbocycles. The number of hydrogen-bond acceptors (Lipinski definition) is 2. The van der Waals surface area contributed by atoms with Gasteiger partial charge in [0.05, 0.1) is 0 Å². The van der Waals surface area contributed by atoms with Crippen molar-refractivity contribution in [3.8, 4) is 0 Å². The van der Waals surface area contributed by atoms with Crippen molar-refractivity contribution >= 4 is 6.09 Å². The highest BCUT2D eigenvalue weighted by Gasteiger charge is 2.33. The monoisotopic (exact) mass is 239 g/mol. The lowest BCUT2D eigenvalue weighted by Gasteiger charge is -2.40. The second-order valence-corrected chi connectivity index (χ2v) is 5.85. The molecule has 0 radical (unpaired) electrons. The smallest absolute Gasteiger partial charge is 0.410 e. The highest BCUT2D eigenvalue weighted by Crippen LogP contribution is 2.27. The molecule has 2 unspecified atom stereocenters. The fraction of sp³-hybridized carbons (Fsp3) is 0.786. The molecule has 0 spiro atoms. The number of amides is 1. The van der Waals surface area contributed by atoms with Gasteiger partial charge in [-0.05, 0) is 53.4 Å². The van der Waals surface area contributed by atoms with Gasteiger partial charge in [0.1, 0.15) is 5.60 Å². The average Bonchev–Trinajstić information content (AvgIpc) is 2.15. The molecule has 1 rings (SSSR count). The summed E-state index contributed by atoms with van der Waals surface area (Å²) < 4.78 is 5.48. The molecule has 1 aliphatic heterocycles. The Bertz CT molecular complexity index is 280. The molecule has 98 valence electrons. The third-order valence-electron chi connectivity index (χ3n) is 3.07. The van der Waals surface area contributed by atoms with Gasteiger partial charge in [-0.15, -0.1) is 6.58 Å². The zero-order valence-corrected chi connectivity index (χ0v) is 11.5. The number of rotatable bonds is 2. The SMILES string of the molecule is C=CCC1CCCC(C)N1C(=O)OC(C)(C)C. The summed E-state index contributed by atoms with van der Waals surface area (Å²) in [5.74, 6) is 0. The molecule has 1 fully saturated rings. The summed E-state index contributed by atoms with van der Waals surface area (Å²) >= 11 is 0. The molecule has 0 saturated carbocycles. The van der Waals surface area contributed by atoms with Crippen molar-refractivity contribution < 1.29 is 9.53 Å². The van der Waals surface area contributed by atoms with E-state index in [9.17, 15) is 4.79 Å². The molecule has 3 heteroatoms. The van der Waals surface area contributed by atoms with Crippen LogP contribution in [0.2, 0.25) is 0 Å². The molecule has 1 saturated heterocycles. The molecule has 0 aromatic carbocycles. The van der Waals surface area contributed by atoms with Gasteiger partial charge in [-0.25, -0.2) is 4.79 Å². The van der Waals surface area contributed by atoms with Crippen LogP contribution in [0.4, 0.5) is 4.79 Å². The van der Waals surface area contributed by atoms with Gasteiger partial charge in [-0.2, -0.15) is 0 Å². The molecule has 1 amide bonds. The second kappa shape index (κ2) is 5.56. The Labute approximate surface area is 105 Å². The number of hydrogen-bond donors (Lipinski definition) is 0. The fourth-order valence-electron chi connectivity index (χ4n) is 2.35. The number of carbonyl (C=O) groups excluding carboxylic acids is 1. The topological polar surface area (TPSA) is 29.5 Å². The maximum atomic E-state index is 12.2. The van der Waals surface area contributed by atoms with E-state index in [4.69, 9.17) is 4.74 Å². The molecule has 0 N–H and O–H groups in total. The van der Waals surface area contributed by atoms with Crippen molar-refractivity contribution in [3.63, 3.8) is 0 Å². The van der Waals surface area contributed by atoms with Crippen molar-refractivity contribution in [1.82, 2.24) is 4.90 Å². The minimum absolute atomic E-state index is 0.184. The molecule has 1 aliphatic rings. The minimum atomic E-state index is -0.424. The Morgan fingerprint density at radius 1 is 1.47 bits per heavy atom. The number of ether oxygens (including phenoxy) is 1. The molecule has 0 aromatic heterocycles. The van der Waals surface area contributed by atoms with Gasteiger partial charge >= 0.3 is 6.09 Å². The van der Waals surface area contributed by atoms with Gasteiger partial charge in [0, 0.05) is 12.1 Å². The van der Waals surface area contributed by atoms with Gasteiger partial charge in [-0.1, -0.05) is 6.08 Å². The van der Waals surface area contributed by atoms with E-state index in [1.807, 2.05) is 31.7 Å². The zero-order chi connectivity index (χ0) is 13.1. The van der Waals surface area contributed by atoms with Crippen LogP contribution in [-0.2, 0) is 4.74 Å². The normalized spacial score (nSPS) is 25.5. The van der Waals surface area contributed by atoms with Crippen molar-refractivity contribution in [3.05, 3.63) is 12.7 Å². The standard InChI is InChI=1S/C14H25NO2/c1-6-8-12-10-7-9-11(2)15(12)13(16)17-14(3,4)5/h6,11-12H,1,7-10H2,2-5H3. The third-order valence-corrected chi connectivity index (χ3v) is 3.07. The molecular formula is C14H25NO2. The quantitative estimate of drug-likeness (QED) is 0.687. The summed E-state index contributed by atoms with van der Waals surface area (Å²) in [4.78, 5) is 14.1. The largest absolute Gasteiger partial charge is 0.444 e. The third kappa shape index (κ3) is 4.06. The van der Waals surface area contributed by atoms with Crippen LogP contribution in [-0.4, -0.2) is 28.7 Å². The van der Waals surface area contributed by atoms with Crippen LogP contribution in [0.25, 0.3) is 0 Å². The molecule has 17 heavy (non-hydrogen) atoms. The Hall–Kier alpha value is -0.990. The molecular weight excluding hydrogens is 214 g/mol. The Kier molecular flexibility index (Phi) is 4.61. The van der Waals surface area contributed by atoms with E-state index in [1.54, 1.807) is 0 Å². The van der Waals surface area contributed by atoms with E-state index >= 15 is 0 Å². The fourth-order valence-corrected chi connectivity index (χ4v) is 2.35. The number of nitrogens with zero attached hydrogens (tertiary/aromatic N) is 1. The molecule has 0 aromatic rings. The average molecular weight is 239 g/mol. The van der Waals surface area contributed by atoms with Crippen LogP contribution in [0.5, 0.6) is 0 Å². The molecule has 1 heterocycles. The number of likely N-dealkylation sites (tertiary alicyclic amines) is 1. The van der Waals surface area contributed by atoms with E-state index in [0.717, 1.165) is 19.3 Å². The number of carbonyl (C=O) groups is 1. The van der Waals surface area contributed by atoms with Crippen LogP contribution in [0.3, 0.4) is 0 Å². The summed E-state index contributed by atoms with van der Waals surface area (Å²) in [5, 5.41) is 0. The lowest BCUT2D eigenvalue weighted by atomic mass is 9.95. The maximum absolute atomic E-state index is 12.2. The first-order chi connectivity index (χ1) is 7.85. The lowest BCUT2D eigenvalue weighted by Crippen LogP contribution is -2.50. The van der Waals surface area contributed by atoms with Gasteiger partial charge < -0.3 is 9.64 Å². The van der Waals surface area contributed by atoms with Crippen LogP contribution in [0.15, 0.2) is 12.7 Å². The minimum Gasteiger partial charge on any atom is -0.444 e. The van der Waals surface area contributed by atoms with Crippen LogP contribution in [0.1, 0.15) is 53.4 Å². The highest BCUT2D eigenvalue weighted by molar-refractivity contribution is 5.69. The predicted octanol–water partition coefficient (Wildman–Crippen LogP) is 3.74. The summed E-state index contributed by atoms with van der Waals surface area (Å²) in [6, 6.07) is 0.523. The first kappa shape index (κ1) is 14.1. The van der Waals surface area contributed by atoms with E-state index in [1.165, 1.54) is 6.42 Å². The first-order valence-corrected chi connectivity index (χ1v) is 6.47. The first-order valence-electron chi connectivity index (χ1n) is 6.47. The van der Waals surface area contributed by atoms with Crippen molar-refractivity contribution in [2.45, 2.75) is 71.1 Å². The lowest BCUT2D eigenvalue weighted by molar-refractivity contribution is -0.00226. The van der Waals surface area contributed by atoms with Gasteiger partial charge in [0.25, 0.3) is 0 Å². The Morgan fingerprint density at radius 2 is 2.12 bits per heavy atom. The summed E-state index contributed by atoms with van der Waals surface area (Å²) in [5.41, 5.74) is -0.424. The van der Waals surface area contributed by atoms with Crippen LogP contribution < -0.4 is 0 Å². The Morgan fingerprint density at radius 3 is 2.65 bits per heavy atom.